The van der Waals surface area contributed by atoms with Gasteiger partial charge >= 0.3 is 0 Å². The zero-order chi connectivity index (χ0) is 18.1. The third-order valence-electron chi connectivity index (χ3n) is 5.35. The SMILES string of the molecule is CCNC(=NCC(=O)NCCOC)NC1CC(OCC)C12CCCC2. The Kier molecular flexibility index (Phi) is 7.96. The molecule has 1 amide bonds. The van der Waals surface area contributed by atoms with E-state index in [1.54, 1.807) is 7.11 Å². The number of methoxy groups -OCH3 is 1. The molecule has 0 aliphatic heterocycles. The summed E-state index contributed by atoms with van der Waals surface area (Å²) in [4.78, 5) is 16.3. The average molecular weight is 354 g/mol. The van der Waals surface area contributed by atoms with Crippen LogP contribution in [0.5, 0.6) is 0 Å². The van der Waals surface area contributed by atoms with Crippen LogP contribution in [0.15, 0.2) is 4.99 Å². The van der Waals surface area contributed by atoms with Gasteiger partial charge in [-0.1, -0.05) is 12.8 Å². The topological polar surface area (TPSA) is 84.0 Å². The van der Waals surface area contributed by atoms with E-state index in [-0.39, 0.29) is 17.9 Å². The minimum atomic E-state index is -0.0920. The van der Waals surface area contributed by atoms with Crippen molar-refractivity contribution in [1.82, 2.24) is 16.0 Å². The predicted octanol–water partition coefficient (Wildman–Crippen LogP) is 1.04. The highest BCUT2D eigenvalue weighted by molar-refractivity contribution is 5.85. The number of hydrogen-bond acceptors (Lipinski definition) is 4. The van der Waals surface area contributed by atoms with Crippen molar-refractivity contribution in [2.24, 2.45) is 10.4 Å². The molecule has 2 aliphatic carbocycles. The molecule has 2 saturated carbocycles. The second-order valence-electron chi connectivity index (χ2n) is 6.85. The summed E-state index contributed by atoms with van der Waals surface area (Å²) in [5.74, 6) is 0.626. The fraction of sp³-hybridized carbons (Fsp3) is 0.889. The predicted molar refractivity (Wildman–Crippen MR) is 98.7 cm³/mol. The first kappa shape index (κ1) is 20.0. The molecule has 3 N–H and O–H groups in total. The minimum Gasteiger partial charge on any atom is -0.383 e. The Morgan fingerprint density at radius 2 is 2.00 bits per heavy atom. The lowest BCUT2D eigenvalue weighted by atomic mass is 9.60. The van der Waals surface area contributed by atoms with E-state index in [4.69, 9.17) is 9.47 Å². The number of aliphatic imine (C=N–C) groups is 1. The molecule has 2 atom stereocenters. The van der Waals surface area contributed by atoms with Crippen molar-refractivity contribution in [2.75, 3.05) is 40.0 Å². The molecular weight excluding hydrogens is 320 g/mol. The maximum atomic E-state index is 11.8. The van der Waals surface area contributed by atoms with Gasteiger partial charge in [0.25, 0.3) is 0 Å². The molecule has 0 aromatic rings. The van der Waals surface area contributed by atoms with E-state index >= 15 is 0 Å². The van der Waals surface area contributed by atoms with Crippen molar-refractivity contribution in [3.8, 4) is 0 Å². The molecule has 0 saturated heterocycles. The van der Waals surface area contributed by atoms with Crippen molar-refractivity contribution >= 4 is 11.9 Å². The van der Waals surface area contributed by atoms with Crippen LogP contribution in [0.1, 0.15) is 46.0 Å². The van der Waals surface area contributed by atoms with Crippen LogP contribution in [0.3, 0.4) is 0 Å². The molecule has 1 spiro atoms. The normalized spacial score (nSPS) is 24.8. The number of nitrogens with zero attached hydrogens (tertiary/aromatic N) is 1. The molecule has 25 heavy (non-hydrogen) atoms. The molecule has 7 nitrogen and oxygen atoms in total. The molecule has 7 heteroatoms. The second-order valence-corrected chi connectivity index (χ2v) is 6.85. The summed E-state index contributed by atoms with van der Waals surface area (Å²) in [5, 5.41) is 9.59. The van der Waals surface area contributed by atoms with Crippen molar-refractivity contribution in [3.05, 3.63) is 0 Å². The first-order chi connectivity index (χ1) is 12.2. The standard InChI is InChI=1S/C18H34N4O3/c1-4-19-17(21-13-16(23)20-10-11-24-3)22-14-12-15(25-5-2)18(14)8-6-7-9-18/h14-15H,4-13H2,1-3H3,(H,20,23)(H2,19,21,22). The Morgan fingerprint density at radius 3 is 2.64 bits per heavy atom. The molecular formula is C18H34N4O3. The van der Waals surface area contributed by atoms with Crippen LogP contribution in [0.4, 0.5) is 0 Å². The Morgan fingerprint density at radius 1 is 1.24 bits per heavy atom. The van der Waals surface area contributed by atoms with Gasteiger partial charge in [-0.3, -0.25) is 4.79 Å². The summed E-state index contributed by atoms with van der Waals surface area (Å²) in [6, 6.07) is 0.376. The van der Waals surface area contributed by atoms with Gasteiger partial charge in [-0.2, -0.15) is 0 Å². The number of rotatable bonds is 9. The molecule has 0 radical (unpaired) electrons. The summed E-state index contributed by atoms with van der Waals surface area (Å²) in [7, 11) is 1.62. The van der Waals surface area contributed by atoms with E-state index in [0.717, 1.165) is 25.5 Å². The molecule has 2 unspecified atom stereocenters. The highest BCUT2D eigenvalue weighted by Crippen LogP contribution is 2.54. The van der Waals surface area contributed by atoms with E-state index in [1.807, 2.05) is 6.92 Å². The number of amides is 1. The van der Waals surface area contributed by atoms with Crippen LogP contribution in [0, 0.1) is 5.41 Å². The smallest absolute Gasteiger partial charge is 0.241 e. The molecule has 0 heterocycles. The van der Waals surface area contributed by atoms with E-state index in [0.29, 0.717) is 25.3 Å². The van der Waals surface area contributed by atoms with Crippen LogP contribution < -0.4 is 16.0 Å². The van der Waals surface area contributed by atoms with Crippen molar-refractivity contribution in [3.63, 3.8) is 0 Å². The van der Waals surface area contributed by atoms with Crippen LogP contribution >= 0.6 is 0 Å². The fourth-order valence-corrected chi connectivity index (χ4v) is 4.07. The first-order valence-corrected chi connectivity index (χ1v) is 9.58. The van der Waals surface area contributed by atoms with Gasteiger partial charge in [0.05, 0.1) is 12.7 Å². The summed E-state index contributed by atoms with van der Waals surface area (Å²) < 4.78 is 10.9. The minimum absolute atomic E-state index is 0.0920. The summed E-state index contributed by atoms with van der Waals surface area (Å²) >= 11 is 0. The zero-order valence-corrected chi connectivity index (χ0v) is 15.9. The molecule has 2 rings (SSSR count). The van der Waals surface area contributed by atoms with Crippen molar-refractivity contribution in [1.29, 1.82) is 0 Å². The monoisotopic (exact) mass is 354 g/mol. The van der Waals surface area contributed by atoms with E-state index in [2.05, 4.69) is 27.9 Å². The number of ether oxygens (including phenoxy) is 2. The summed E-state index contributed by atoms with van der Waals surface area (Å²) in [5.41, 5.74) is 0.243. The average Bonchev–Trinajstić information content (AvgIpc) is 3.12. The molecule has 144 valence electrons. The third-order valence-corrected chi connectivity index (χ3v) is 5.35. The largest absolute Gasteiger partial charge is 0.383 e. The number of carbonyl (C=O) groups excluding carboxylic acids is 1. The van der Waals surface area contributed by atoms with Gasteiger partial charge < -0.3 is 25.4 Å². The van der Waals surface area contributed by atoms with Crippen LogP contribution in [-0.4, -0.2) is 64.0 Å². The van der Waals surface area contributed by atoms with E-state index in [9.17, 15) is 4.79 Å². The molecule has 2 fully saturated rings. The number of nitrogens with one attached hydrogen (secondary N) is 3. The van der Waals surface area contributed by atoms with Gasteiger partial charge in [0.1, 0.15) is 6.54 Å². The highest BCUT2D eigenvalue weighted by Gasteiger charge is 2.56. The summed E-state index contributed by atoms with van der Waals surface area (Å²) in [6.07, 6.45) is 6.35. The Hall–Kier alpha value is -1.34. The molecule has 0 bridgehead atoms. The summed E-state index contributed by atoms with van der Waals surface area (Å²) in [6.45, 7) is 6.78. The lowest BCUT2D eigenvalue weighted by molar-refractivity contribution is -0.125. The zero-order valence-electron chi connectivity index (χ0n) is 15.9. The highest BCUT2D eigenvalue weighted by atomic mass is 16.5. The number of hydrogen-bond donors (Lipinski definition) is 3. The maximum absolute atomic E-state index is 11.8. The van der Waals surface area contributed by atoms with Gasteiger partial charge in [0.2, 0.25) is 5.91 Å². The maximum Gasteiger partial charge on any atom is 0.241 e. The third kappa shape index (κ3) is 5.07. The van der Waals surface area contributed by atoms with Gasteiger partial charge in [-0.05, 0) is 33.1 Å². The lowest BCUT2D eigenvalue weighted by Gasteiger charge is -2.54. The van der Waals surface area contributed by atoms with Gasteiger partial charge in [0.15, 0.2) is 5.96 Å². The molecule has 0 aromatic carbocycles. The van der Waals surface area contributed by atoms with Crippen LogP contribution in [-0.2, 0) is 14.3 Å². The Labute approximate surface area is 151 Å². The quantitative estimate of drug-likeness (QED) is 0.327. The lowest BCUT2D eigenvalue weighted by Crippen LogP contribution is -2.65. The number of guanidine groups is 1. The van der Waals surface area contributed by atoms with Crippen LogP contribution in [0.2, 0.25) is 0 Å². The van der Waals surface area contributed by atoms with E-state index in [1.165, 1.54) is 25.7 Å². The molecule has 0 aromatic heterocycles. The fourth-order valence-electron chi connectivity index (χ4n) is 4.07. The Balaban J connectivity index is 1.90. The van der Waals surface area contributed by atoms with Crippen molar-refractivity contribution < 1.29 is 14.3 Å². The van der Waals surface area contributed by atoms with Gasteiger partial charge in [-0.15, -0.1) is 0 Å². The molecule has 2 aliphatic rings. The van der Waals surface area contributed by atoms with Crippen molar-refractivity contribution in [2.45, 2.75) is 58.1 Å². The first-order valence-electron chi connectivity index (χ1n) is 9.58. The van der Waals surface area contributed by atoms with Gasteiger partial charge in [0, 0.05) is 38.3 Å². The Bertz CT molecular complexity index is 450. The number of carbonyl (C=O) groups is 1. The second kappa shape index (κ2) is 9.97. The van der Waals surface area contributed by atoms with Gasteiger partial charge in [-0.25, -0.2) is 4.99 Å². The van der Waals surface area contributed by atoms with E-state index < -0.39 is 0 Å². The van der Waals surface area contributed by atoms with Crippen LogP contribution in [0.25, 0.3) is 0 Å².